The number of hydrogen-bond acceptors (Lipinski definition) is 2. The van der Waals surface area contributed by atoms with Crippen molar-refractivity contribution in [3.8, 4) is 11.5 Å². The Bertz CT molecular complexity index is 563. The van der Waals surface area contributed by atoms with E-state index in [2.05, 4.69) is 56.4 Å². The van der Waals surface area contributed by atoms with Gasteiger partial charge in [0.1, 0.15) is 11.5 Å². The lowest BCUT2D eigenvalue weighted by Gasteiger charge is -2.11. The minimum absolute atomic E-state index is 0.887. The van der Waals surface area contributed by atoms with Crippen molar-refractivity contribution in [2.75, 3.05) is 6.54 Å². The Kier molecular flexibility index (Phi) is 5.19. The van der Waals surface area contributed by atoms with Crippen LogP contribution < -0.4 is 10.1 Å². The lowest BCUT2D eigenvalue weighted by Crippen LogP contribution is -2.13. The second-order valence-electron chi connectivity index (χ2n) is 5.20. The Morgan fingerprint density at radius 3 is 2.65 bits per heavy atom. The summed E-state index contributed by atoms with van der Waals surface area (Å²) in [6.07, 6.45) is 1.15. The van der Waals surface area contributed by atoms with Gasteiger partial charge in [-0.1, -0.05) is 31.2 Å². The molecule has 0 aromatic heterocycles. The average Bonchev–Trinajstić information content (AvgIpc) is 2.43. The van der Waals surface area contributed by atoms with Crippen LogP contribution in [0.3, 0.4) is 0 Å². The SMILES string of the molecule is CCCNCc1ccc(C)c(Oc2cccc(C)c2)c1. The quantitative estimate of drug-likeness (QED) is 0.774. The zero-order chi connectivity index (χ0) is 14.4. The van der Waals surface area contributed by atoms with Gasteiger partial charge in [0, 0.05) is 6.54 Å². The molecule has 0 saturated carbocycles. The first-order valence-corrected chi connectivity index (χ1v) is 7.24. The van der Waals surface area contributed by atoms with E-state index in [1.807, 2.05) is 12.1 Å². The van der Waals surface area contributed by atoms with E-state index in [4.69, 9.17) is 4.74 Å². The van der Waals surface area contributed by atoms with Crippen molar-refractivity contribution in [3.63, 3.8) is 0 Å². The monoisotopic (exact) mass is 269 g/mol. The van der Waals surface area contributed by atoms with Gasteiger partial charge in [0.2, 0.25) is 0 Å². The van der Waals surface area contributed by atoms with Crippen LogP contribution in [-0.2, 0) is 6.54 Å². The summed E-state index contributed by atoms with van der Waals surface area (Å²) >= 11 is 0. The number of benzene rings is 2. The average molecular weight is 269 g/mol. The van der Waals surface area contributed by atoms with E-state index in [-0.39, 0.29) is 0 Å². The molecule has 2 nitrogen and oxygen atoms in total. The predicted octanol–water partition coefficient (Wildman–Crippen LogP) is 4.60. The maximum atomic E-state index is 6.01. The van der Waals surface area contributed by atoms with Gasteiger partial charge in [0.05, 0.1) is 0 Å². The van der Waals surface area contributed by atoms with Gasteiger partial charge in [-0.25, -0.2) is 0 Å². The van der Waals surface area contributed by atoms with Crippen molar-refractivity contribution in [2.45, 2.75) is 33.7 Å². The van der Waals surface area contributed by atoms with Crippen molar-refractivity contribution in [1.82, 2.24) is 5.32 Å². The standard InChI is InChI=1S/C18H23NO/c1-4-10-19-13-16-9-8-15(3)18(12-16)20-17-7-5-6-14(2)11-17/h5-9,11-12,19H,4,10,13H2,1-3H3. The minimum Gasteiger partial charge on any atom is -0.457 e. The van der Waals surface area contributed by atoms with Gasteiger partial charge < -0.3 is 10.1 Å². The Balaban J connectivity index is 2.12. The number of hydrogen-bond donors (Lipinski definition) is 1. The van der Waals surface area contributed by atoms with Crippen molar-refractivity contribution >= 4 is 0 Å². The van der Waals surface area contributed by atoms with E-state index >= 15 is 0 Å². The molecule has 0 aliphatic carbocycles. The van der Waals surface area contributed by atoms with Gasteiger partial charge in [0.15, 0.2) is 0 Å². The fourth-order valence-electron chi connectivity index (χ4n) is 2.08. The van der Waals surface area contributed by atoms with Gasteiger partial charge in [0.25, 0.3) is 0 Å². The highest BCUT2D eigenvalue weighted by Crippen LogP contribution is 2.26. The molecule has 0 heterocycles. The molecule has 0 saturated heterocycles. The number of rotatable bonds is 6. The molecule has 2 aromatic rings. The summed E-state index contributed by atoms with van der Waals surface area (Å²) in [5, 5.41) is 3.42. The normalized spacial score (nSPS) is 10.6. The van der Waals surface area contributed by atoms with Crippen LogP contribution >= 0.6 is 0 Å². The lowest BCUT2D eigenvalue weighted by molar-refractivity contribution is 0.477. The third-order valence-electron chi connectivity index (χ3n) is 3.23. The van der Waals surface area contributed by atoms with Gasteiger partial charge >= 0.3 is 0 Å². The zero-order valence-corrected chi connectivity index (χ0v) is 12.6. The Labute approximate surface area is 121 Å². The number of ether oxygens (including phenoxy) is 1. The highest BCUT2D eigenvalue weighted by atomic mass is 16.5. The van der Waals surface area contributed by atoms with E-state index in [9.17, 15) is 0 Å². The molecule has 0 radical (unpaired) electrons. The van der Waals surface area contributed by atoms with Crippen molar-refractivity contribution < 1.29 is 4.74 Å². The maximum Gasteiger partial charge on any atom is 0.130 e. The Morgan fingerprint density at radius 1 is 1.05 bits per heavy atom. The summed E-state index contributed by atoms with van der Waals surface area (Å²) in [5.74, 6) is 1.83. The molecule has 0 aliphatic heterocycles. The second kappa shape index (κ2) is 7.11. The number of aryl methyl sites for hydroxylation is 2. The Hall–Kier alpha value is -1.80. The first-order chi connectivity index (χ1) is 9.69. The van der Waals surface area contributed by atoms with Crippen molar-refractivity contribution in [3.05, 3.63) is 59.2 Å². The van der Waals surface area contributed by atoms with Gasteiger partial charge in [-0.2, -0.15) is 0 Å². The summed E-state index contributed by atoms with van der Waals surface area (Å²) in [6.45, 7) is 8.26. The van der Waals surface area contributed by atoms with Gasteiger partial charge in [-0.15, -0.1) is 0 Å². The number of nitrogens with one attached hydrogen (secondary N) is 1. The van der Waals surface area contributed by atoms with Crippen LogP contribution in [0.2, 0.25) is 0 Å². The molecule has 0 aliphatic rings. The predicted molar refractivity (Wildman–Crippen MR) is 84.4 cm³/mol. The molecule has 0 atom stereocenters. The highest BCUT2D eigenvalue weighted by Gasteiger charge is 2.03. The molecule has 106 valence electrons. The summed E-state index contributed by atoms with van der Waals surface area (Å²) in [5.41, 5.74) is 3.62. The van der Waals surface area contributed by atoms with Crippen molar-refractivity contribution in [2.24, 2.45) is 0 Å². The Morgan fingerprint density at radius 2 is 1.90 bits per heavy atom. The minimum atomic E-state index is 0.887. The first kappa shape index (κ1) is 14.6. The lowest BCUT2D eigenvalue weighted by atomic mass is 10.1. The molecule has 0 unspecified atom stereocenters. The van der Waals surface area contributed by atoms with Crippen LogP contribution in [-0.4, -0.2) is 6.54 Å². The molecule has 1 N–H and O–H groups in total. The van der Waals surface area contributed by atoms with Gasteiger partial charge in [-0.3, -0.25) is 0 Å². The molecule has 2 heteroatoms. The smallest absolute Gasteiger partial charge is 0.130 e. The highest BCUT2D eigenvalue weighted by molar-refractivity contribution is 5.40. The fourth-order valence-corrected chi connectivity index (χ4v) is 2.08. The molecule has 0 spiro atoms. The molecule has 0 bridgehead atoms. The van der Waals surface area contributed by atoms with Crippen LogP contribution in [0.4, 0.5) is 0 Å². The van der Waals surface area contributed by atoms with Crippen LogP contribution in [0.25, 0.3) is 0 Å². The third kappa shape index (κ3) is 4.10. The molecule has 0 amide bonds. The van der Waals surface area contributed by atoms with Crippen LogP contribution in [0.1, 0.15) is 30.0 Å². The zero-order valence-electron chi connectivity index (χ0n) is 12.6. The molecule has 0 fully saturated rings. The summed E-state index contributed by atoms with van der Waals surface area (Å²) in [4.78, 5) is 0. The van der Waals surface area contributed by atoms with E-state index in [1.54, 1.807) is 0 Å². The largest absolute Gasteiger partial charge is 0.457 e. The first-order valence-electron chi connectivity index (χ1n) is 7.24. The molecule has 20 heavy (non-hydrogen) atoms. The van der Waals surface area contributed by atoms with Crippen molar-refractivity contribution in [1.29, 1.82) is 0 Å². The molecular weight excluding hydrogens is 246 g/mol. The second-order valence-corrected chi connectivity index (χ2v) is 5.20. The van der Waals surface area contributed by atoms with E-state index in [1.165, 1.54) is 11.1 Å². The van der Waals surface area contributed by atoms with Crippen LogP contribution in [0.5, 0.6) is 11.5 Å². The molecule has 2 aromatic carbocycles. The maximum absolute atomic E-state index is 6.01. The van der Waals surface area contributed by atoms with Gasteiger partial charge in [-0.05, 0) is 61.7 Å². The van der Waals surface area contributed by atoms with Crippen LogP contribution in [0, 0.1) is 13.8 Å². The topological polar surface area (TPSA) is 21.3 Å². The third-order valence-corrected chi connectivity index (χ3v) is 3.23. The molecule has 2 rings (SSSR count). The fraction of sp³-hybridized carbons (Fsp3) is 0.333. The molecular formula is C18H23NO. The van der Waals surface area contributed by atoms with E-state index in [0.29, 0.717) is 0 Å². The van der Waals surface area contributed by atoms with E-state index < -0.39 is 0 Å². The summed E-state index contributed by atoms with van der Waals surface area (Å²) in [7, 11) is 0. The summed E-state index contributed by atoms with van der Waals surface area (Å²) < 4.78 is 6.01. The summed E-state index contributed by atoms with van der Waals surface area (Å²) in [6, 6.07) is 14.5. The van der Waals surface area contributed by atoms with E-state index in [0.717, 1.165) is 36.6 Å². The van der Waals surface area contributed by atoms with Crippen LogP contribution in [0.15, 0.2) is 42.5 Å².